The van der Waals surface area contributed by atoms with Crippen LogP contribution in [0.4, 0.5) is 24.9 Å². The molecule has 4 heterocycles. The van der Waals surface area contributed by atoms with Gasteiger partial charge in [0.2, 0.25) is 5.95 Å². The van der Waals surface area contributed by atoms with Gasteiger partial charge in [-0.05, 0) is 56.4 Å². The number of methoxy groups -OCH3 is 1. The number of piperazine rings is 1. The minimum absolute atomic E-state index is 0.00453. The van der Waals surface area contributed by atoms with Crippen molar-refractivity contribution in [2.75, 3.05) is 50.1 Å². The monoisotopic (exact) mass is 597 g/mol. The third kappa shape index (κ3) is 6.12. The fourth-order valence-corrected chi connectivity index (χ4v) is 6.49. The standard InChI is InChI=1S/C26H34F3N7O4S/c1-17(16-40-2)32-25-31-15-23-21(14-22(36(23)33-25)18-3-5-20(37)6-4-18)19-7-8-30-24(13-19)34-9-11-35(12-10-34)41(38,39)26(27,28)29/h7-8,13-15,17-18,20,37H,3-6,9-12,16H2,1-2H3,(H,32,33)/t17-,18?,20?/m0/s1. The fraction of sp³-hybridized carbons (Fsp3) is 0.577. The molecule has 1 saturated carbocycles. The Morgan fingerprint density at radius 2 is 1.83 bits per heavy atom. The molecule has 5 rings (SSSR count). The summed E-state index contributed by atoms with van der Waals surface area (Å²) in [6.07, 6.45) is 6.17. The number of nitrogens with zero attached hydrogens (tertiary/aromatic N) is 6. The normalized spacial score (nSPS) is 21.8. The molecule has 0 radical (unpaired) electrons. The van der Waals surface area contributed by atoms with Crippen molar-refractivity contribution in [2.45, 2.75) is 56.2 Å². The number of hydrogen-bond donors (Lipinski definition) is 2. The number of ether oxygens (including phenoxy) is 1. The van der Waals surface area contributed by atoms with E-state index in [1.54, 1.807) is 24.4 Å². The van der Waals surface area contributed by atoms with E-state index >= 15 is 0 Å². The van der Waals surface area contributed by atoms with Gasteiger partial charge in [-0.3, -0.25) is 0 Å². The molecule has 0 bridgehead atoms. The van der Waals surface area contributed by atoms with Gasteiger partial charge >= 0.3 is 15.5 Å². The first-order valence-electron chi connectivity index (χ1n) is 13.6. The molecule has 2 N–H and O–H groups in total. The first kappa shape index (κ1) is 29.5. The summed E-state index contributed by atoms with van der Waals surface area (Å²) < 4.78 is 70.2. The van der Waals surface area contributed by atoms with Crippen LogP contribution < -0.4 is 10.2 Å². The average molecular weight is 598 g/mol. The summed E-state index contributed by atoms with van der Waals surface area (Å²) >= 11 is 0. The maximum Gasteiger partial charge on any atom is 0.511 e. The van der Waals surface area contributed by atoms with Gasteiger partial charge in [0.05, 0.1) is 24.4 Å². The molecule has 41 heavy (non-hydrogen) atoms. The number of aromatic nitrogens is 4. The maximum atomic E-state index is 13.0. The molecule has 0 amide bonds. The number of aliphatic hydroxyl groups is 1. The third-order valence-corrected chi connectivity index (χ3v) is 9.33. The number of fused-ring (bicyclic) bond motifs is 1. The van der Waals surface area contributed by atoms with E-state index in [4.69, 9.17) is 9.84 Å². The van der Waals surface area contributed by atoms with Gasteiger partial charge in [0.15, 0.2) is 0 Å². The van der Waals surface area contributed by atoms with Crippen LogP contribution in [0.2, 0.25) is 0 Å². The molecule has 1 aliphatic heterocycles. The van der Waals surface area contributed by atoms with Crippen molar-refractivity contribution in [3.8, 4) is 11.1 Å². The Balaban J connectivity index is 1.44. The van der Waals surface area contributed by atoms with Gasteiger partial charge < -0.3 is 20.1 Å². The van der Waals surface area contributed by atoms with Gasteiger partial charge in [0.25, 0.3) is 0 Å². The van der Waals surface area contributed by atoms with Gasteiger partial charge in [0.1, 0.15) is 5.82 Å². The van der Waals surface area contributed by atoms with Crippen molar-refractivity contribution in [1.82, 2.24) is 23.9 Å². The SMILES string of the molecule is COC[C@H](C)Nc1ncc2c(-c3ccnc(N4CCN(S(=O)(=O)C(F)(F)F)CC4)c3)cc(C3CCC(O)CC3)n2n1. The van der Waals surface area contributed by atoms with Gasteiger partial charge in [-0.25, -0.2) is 22.9 Å². The van der Waals surface area contributed by atoms with E-state index in [0.717, 1.165) is 35.2 Å². The number of hydrogen-bond acceptors (Lipinski definition) is 9. The van der Waals surface area contributed by atoms with Crippen molar-refractivity contribution >= 4 is 27.3 Å². The number of anilines is 2. The maximum absolute atomic E-state index is 13.0. The third-order valence-electron chi connectivity index (χ3n) is 7.70. The highest BCUT2D eigenvalue weighted by Gasteiger charge is 2.50. The molecule has 3 aromatic rings. The number of pyridine rings is 1. The van der Waals surface area contributed by atoms with Gasteiger partial charge in [-0.2, -0.15) is 17.5 Å². The number of sulfonamides is 1. The Bertz CT molecular complexity index is 1470. The highest BCUT2D eigenvalue weighted by molar-refractivity contribution is 7.90. The van der Waals surface area contributed by atoms with Crippen LogP contribution >= 0.6 is 0 Å². The number of alkyl halides is 3. The van der Waals surface area contributed by atoms with Crippen molar-refractivity contribution in [3.63, 3.8) is 0 Å². The predicted octanol–water partition coefficient (Wildman–Crippen LogP) is 3.23. The second-order valence-electron chi connectivity index (χ2n) is 10.6. The lowest BCUT2D eigenvalue weighted by Crippen LogP contribution is -2.52. The zero-order chi connectivity index (χ0) is 29.4. The molecule has 0 aromatic carbocycles. The number of aliphatic hydroxyl groups excluding tert-OH is 1. The van der Waals surface area contributed by atoms with Crippen LogP contribution in [0.3, 0.4) is 0 Å². The summed E-state index contributed by atoms with van der Waals surface area (Å²) in [5.74, 6) is 1.20. The Labute approximate surface area is 236 Å². The summed E-state index contributed by atoms with van der Waals surface area (Å²) in [5, 5.41) is 18.1. The zero-order valence-corrected chi connectivity index (χ0v) is 23.7. The topological polar surface area (TPSA) is 125 Å². The fourth-order valence-electron chi connectivity index (χ4n) is 5.55. The van der Waals surface area contributed by atoms with E-state index in [1.807, 2.05) is 23.6 Å². The second-order valence-corrected chi connectivity index (χ2v) is 12.5. The van der Waals surface area contributed by atoms with Crippen LogP contribution in [0.25, 0.3) is 16.6 Å². The predicted molar refractivity (Wildman–Crippen MR) is 147 cm³/mol. The van der Waals surface area contributed by atoms with Crippen molar-refractivity contribution in [1.29, 1.82) is 0 Å². The average Bonchev–Trinajstić information content (AvgIpc) is 3.32. The van der Waals surface area contributed by atoms with E-state index in [1.165, 1.54) is 0 Å². The van der Waals surface area contributed by atoms with Crippen molar-refractivity contribution in [3.05, 3.63) is 36.3 Å². The minimum Gasteiger partial charge on any atom is -0.393 e. The molecule has 11 nitrogen and oxygen atoms in total. The molecular weight excluding hydrogens is 563 g/mol. The molecule has 3 aromatic heterocycles. The highest BCUT2D eigenvalue weighted by atomic mass is 32.2. The Morgan fingerprint density at radius 1 is 1.12 bits per heavy atom. The molecular formula is C26H34F3N7O4S. The largest absolute Gasteiger partial charge is 0.511 e. The molecule has 2 aliphatic rings. The van der Waals surface area contributed by atoms with Gasteiger partial charge in [-0.1, -0.05) is 0 Å². The molecule has 15 heteroatoms. The number of rotatable bonds is 8. The first-order valence-corrected chi connectivity index (χ1v) is 15.0. The van der Waals surface area contributed by atoms with Gasteiger partial charge in [0, 0.05) is 62.7 Å². The lowest BCUT2D eigenvalue weighted by molar-refractivity contribution is -0.0490. The quantitative estimate of drug-likeness (QED) is 0.403. The molecule has 1 saturated heterocycles. The zero-order valence-electron chi connectivity index (χ0n) is 22.9. The minimum atomic E-state index is -5.36. The lowest BCUT2D eigenvalue weighted by atomic mass is 9.85. The Kier molecular flexibility index (Phi) is 8.41. The Morgan fingerprint density at radius 3 is 2.49 bits per heavy atom. The molecule has 0 unspecified atom stereocenters. The van der Waals surface area contributed by atoms with E-state index in [2.05, 4.69) is 21.4 Å². The Hall–Kier alpha value is -3.01. The summed E-state index contributed by atoms with van der Waals surface area (Å²) in [4.78, 5) is 10.7. The highest BCUT2D eigenvalue weighted by Crippen LogP contribution is 2.38. The molecule has 224 valence electrons. The molecule has 0 spiro atoms. The summed E-state index contributed by atoms with van der Waals surface area (Å²) in [6, 6.07) is 5.78. The summed E-state index contributed by atoms with van der Waals surface area (Å²) in [5.41, 5.74) is -1.82. The van der Waals surface area contributed by atoms with E-state index in [9.17, 15) is 26.7 Å². The number of nitrogens with one attached hydrogen (secondary N) is 1. The molecule has 1 atom stereocenters. The second kappa shape index (κ2) is 11.7. The van der Waals surface area contributed by atoms with Crippen LogP contribution in [0, 0.1) is 0 Å². The van der Waals surface area contributed by atoms with Crippen molar-refractivity contribution < 1.29 is 31.4 Å². The summed E-state index contributed by atoms with van der Waals surface area (Å²) in [6.45, 7) is 2.04. The molecule has 1 aliphatic carbocycles. The molecule has 2 fully saturated rings. The van der Waals surface area contributed by atoms with Crippen LogP contribution in [-0.2, 0) is 14.8 Å². The van der Waals surface area contributed by atoms with E-state index < -0.39 is 15.5 Å². The van der Waals surface area contributed by atoms with E-state index in [0.29, 0.717) is 35.5 Å². The first-order chi connectivity index (χ1) is 19.5. The van der Waals surface area contributed by atoms with Crippen LogP contribution in [0.5, 0.6) is 0 Å². The van der Waals surface area contributed by atoms with Crippen LogP contribution in [-0.4, -0.2) is 95.0 Å². The van der Waals surface area contributed by atoms with Crippen molar-refractivity contribution in [2.24, 2.45) is 0 Å². The van der Waals surface area contributed by atoms with E-state index in [-0.39, 0.29) is 44.2 Å². The number of halogens is 3. The smallest absolute Gasteiger partial charge is 0.393 e. The van der Waals surface area contributed by atoms with Gasteiger partial charge in [-0.15, -0.1) is 5.10 Å². The van der Waals surface area contributed by atoms with Crippen LogP contribution in [0.1, 0.15) is 44.2 Å². The summed E-state index contributed by atoms with van der Waals surface area (Å²) in [7, 11) is -3.74. The lowest BCUT2D eigenvalue weighted by Gasteiger charge is -2.34. The van der Waals surface area contributed by atoms with Crippen LogP contribution in [0.15, 0.2) is 30.6 Å².